The summed E-state index contributed by atoms with van der Waals surface area (Å²) in [5.41, 5.74) is 7.88. The van der Waals surface area contributed by atoms with Crippen molar-refractivity contribution in [3.63, 3.8) is 0 Å². The third-order valence-corrected chi connectivity index (χ3v) is 3.95. The van der Waals surface area contributed by atoms with E-state index in [4.69, 9.17) is 5.73 Å². The molecule has 21 heavy (non-hydrogen) atoms. The number of piperazine rings is 1. The van der Waals surface area contributed by atoms with Gasteiger partial charge in [0.05, 0.1) is 6.04 Å². The van der Waals surface area contributed by atoms with Gasteiger partial charge < -0.3 is 15.5 Å². The molecule has 1 fully saturated rings. The molecule has 1 atom stereocenters. The van der Waals surface area contributed by atoms with Gasteiger partial charge in [0.2, 0.25) is 5.95 Å². The van der Waals surface area contributed by atoms with Gasteiger partial charge in [-0.2, -0.15) is 0 Å². The fourth-order valence-electron chi connectivity index (χ4n) is 2.72. The number of anilines is 1. The summed E-state index contributed by atoms with van der Waals surface area (Å²) in [7, 11) is 2.16. The lowest BCUT2D eigenvalue weighted by atomic mass is 10.0. The number of rotatable bonds is 3. The lowest BCUT2D eigenvalue weighted by Gasteiger charge is -2.40. The van der Waals surface area contributed by atoms with Gasteiger partial charge in [-0.3, -0.25) is 0 Å². The molecule has 0 spiro atoms. The molecular formula is C16H21N5. The van der Waals surface area contributed by atoms with E-state index in [0.29, 0.717) is 6.54 Å². The first-order chi connectivity index (χ1) is 10.3. The first kappa shape index (κ1) is 14.0. The van der Waals surface area contributed by atoms with E-state index in [2.05, 4.69) is 51.1 Å². The average molecular weight is 283 g/mol. The number of likely N-dealkylation sites (N-methyl/N-ethyl adjacent to an activating group) is 1. The van der Waals surface area contributed by atoms with Crippen LogP contribution in [-0.2, 0) is 6.54 Å². The SMILES string of the molecule is CN1CCN(c2ncc(CN)cn2)C(c2ccccc2)C1. The maximum atomic E-state index is 5.61. The fraction of sp³-hybridized carbons (Fsp3) is 0.375. The van der Waals surface area contributed by atoms with Crippen molar-refractivity contribution in [1.82, 2.24) is 14.9 Å². The number of hydrogen-bond donors (Lipinski definition) is 1. The number of nitrogens with zero attached hydrogens (tertiary/aromatic N) is 4. The van der Waals surface area contributed by atoms with E-state index >= 15 is 0 Å². The minimum Gasteiger partial charge on any atom is -0.331 e. The number of aromatic nitrogens is 2. The second-order valence-corrected chi connectivity index (χ2v) is 5.48. The van der Waals surface area contributed by atoms with Gasteiger partial charge in [-0.05, 0) is 12.6 Å². The third kappa shape index (κ3) is 3.04. The van der Waals surface area contributed by atoms with Crippen LogP contribution in [0.2, 0.25) is 0 Å². The van der Waals surface area contributed by atoms with Crippen LogP contribution in [0.5, 0.6) is 0 Å². The van der Waals surface area contributed by atoms with Crippen LogP contribution in [0.25, 0.3) is 0 Å². The molecule has 3 rings (SSSR count). The Morgan fingerprint density at radius 3 is 2.52 bits per heavy atom. The third-order valence-electron chi connectivity index (χ3n) is 3.95. The van der Waals surface area contributed by atoms with Crippen molar-refractivity contribution in [2.24, 2.45) is 5.73 Å². The van der Waals surface area contributed by atoms with Gasteiger partial charge in [-0.1, -0.05) is 30.3 Å². The Morgan fingerprint density at radius 1 is 1.14 bits per heavy atom. The summed E-state index contributed by atoms with van der Waals surface area (Å²) in [5.74, 6) is 0.786. The molecule has 1 aliphatic heterocycles. The molecule has 2 heterocycles. The van der Waals surface area contributed by atoms with Crippen molar-refractivity contribution < 1.29 is 0 Å². The van der Waals surface area contributed by atoms with E-state index in [1.165, 1.54) is 5.56 Å². The van der Waals surface area contributed by atoms with Crippen LogP contribution in [0.1, 0.15) is 17.2 Å². The smallest absolute Gasteiger partial charge is 0.225 e. The first-order valence-electron chi connectivity index (χ1n) is 7.29. The standard InChI is InChI=1S/C16H21N5/c1-20-7-8-21(16-18-10-13(9-17)11-19-16)15(12-20)14-5-3-2-4-6-14/h2-6,10-11,15H,7-9,12,17H2,1H3. The highest BCUT2D eigenvalue weighted by molar-refractivity contribution is 5.38. The van der Waals surface area contributed by atoms with Crippen molar-refractivity contribution in [1.29, 1.82) is 0 Å². The minimum atomic E-state index is 0.286. The van der Waals surface area contributed by atoms with E-state index in [-0.39, 0.29) is 6.04 Å². The Balaban J connectivity index is 1.90. The molecule has 1 unspecified atom stereocenters. The van der Waals surface area contributed by atoms with Crippen LogP contribution in [0.3, 0.4) is 0 Å². The van der Waals surface area contributed by atoms with E-state index < -0.39 is 0 Å². The monoisotopic (exact) mass is 283 g/mol. The Morgan fingerprint density at radius 2 is 1.86 bits per heavy atom. The van der Waals surface area contributed by atoms with Crippen LogP contribution in [0.15, 0.2) is 42.7 Å². The second kappa shape index (κ2) is 6.20. The van der Waals surface area contributed by atoms with E-state index in [0.717, 1.165) is 31.1 Å². The normalized spacial score (nSPS) is 19.7. The van der Waals surface area contributed by atoms with Gasteiger partial charge >= 0.3 is 0 Å². The summed E-state index contributed by atoms with van der Waals surface area (Å²) < 4.78 is 0. The number of nitrogens with two attached hydrogens (primary N) is 1. The van der Waals surface area contributed by atoms with E-state index in [9.17, 15) is 0 Å². The zero-order valence-corrected chi connectivity index (χ0v) is 12.3. The summed E-state index contributed by atoms with van der Waals surface area (Å²) in [6.07, 6.45) is 3.64. The molecule has 1 aromatic carbocycles. The van der Waals surface area contributed by atoms with Gasteiger partial charge in [0, 0.05) is 44.1 Å². The fourth-order valence-corrected chi connectivity index (χ4v) is 2.72. The molecule has 1 saturated heterocycles. The lowest BCUT2D eigenvalue weighted by Crippen LogP contribution is -2.47. The van der Waals surface area contributed by atoms with Gasteiger partial charge in [0.25, 0.3) is 0 Å². The quantitative estimate of drug-likeness (QED) is 0.923. The Labute approximate surface area is 125 Å². The Bertz CT molecular complexity index is 569. The zero-order valence-electron chi connectivity index (χ0n) is 12.3. The Hall–Kier alpha value is -1.98. The lowest BCUT2D eigenvalue weighted by molar-refractivity contribution is 0.267. The average Bonchev–Trinajstić information content (AvgIpc) is 2.56. The molecule has 0 aliphatic carbocycles. The number of benzene rings is 1. The molecule has 1 aromatic heterocycles. The van der Waals surface area contributed by atoms with Crippen molar-refractivity contribution >= 4 is 5.95 Å². The molecule has 0 amide bonds. The summed E-state index contributed by atoms with van der Waals surface area (Å²) in [6, 6.07) is 10.8. The maximum absolute atomic E-state index is 5.61. The van der Waals surface area contributed by atoms with Crippen molar-refractivity contribution in [3.05, 3.63) is 53.9 Å². The molecule has 5 heteroatoms. The highest BCUT2D eigenvalue weighted by Gasteiger charge is 2.28. The molecule has 0 radical (unpaired) electrons. The molecule has 0 saturated carbocycles. The molecule has 1 aliphatic rings. The van der Waals surface area contributed by atoms with Crippen LogP contribution >= 0.6 is 0 Å². The topological polar surface area (TPSA) is 58.3 Å². The molecule has 2 aromatic rings. The van der Waals surface area contributed by atoms with Crippen LogP contribution in [0, 0.1) is 0 Å². The predicted molar refractivity (Wildman–Crippen MR) is 83.9 cm³/mol. The van der Waals surface area contributed by atoms with Crippen molar-refractivity contribution in [3.8, 4) is 0 Å². The summed E-state index contributed by atoms with van der Waals surface area (Å²) in [4.78, 5) is 13.6. The molecule has 2 N–H and O–H groups in total. The van der Waals surface area contributed by atoms with E-state index in [1.807, 2.05) is 18.5 Å². The molecule has 5 nitrogen and oxygen atoms in total. The highest BCUT2D eigenvalue weighted by Crippen LogP contribution is 2.27. The predicted octanol–water partition coefficient (Wildman–Crippen LogP) is 1.43. The number of hydrogen-bond acceptors (Lipinski definition) is 5. The summed E-state index contributed by atoms with van der Waals surface area (Å²) in [5, 5.41) is 0. The van der Waals surface area contributed by atoms with Crippen LogP contribution < -0.4 is 10.6 Å². The highest BCUT2D eigenvalue weighted by atomic mass is 15.3. The van der Waals surface area contributed by atoms with Crippen molar-refractivity contribution in [2.75, 3.05) is 31.6 Å². The van der Waals surface area contributed by atoms with Crippen LogP contribution in [-0.4, -0.2) is 41.5 Å². The van der Waals surface area contributed by atoms with Gasteiger partial charge in [-0.25, -0.2) is 9.97 Å². The van der Waals surface area contributed by atoms with Gasteiger partial charge in [-0.15, -0.1) is 0 Å². The summed E-state index contributed by atoms with van der Waals surface area (Å²) >= 11 is 0. The maximum Gasteiger partial charge on any atom is 0.225 e. The summed E-state index contributed by atoms with van der Waals surface area (Å²) in [6.45, 7) is 3.40. The van der Waals surface area contributed by atoms with Crippen molar-refractivity contribution in [2.45, 2.75) is 12.6 Å². The zero-order chi connectivity index (χ0) is 14.7. The Kier molecular flexibility index (Phi) is 4.13. The van der Waals surface area contributed by atoms with E-state index in [1.54, 1.807) is 0 Å². The minimum absolute atomic E-state index is 0.286. The molecule has 0 bridgehead atoms. The molecule has 110 valence electrons. The molecular weight excluding hydrogens is 262 g/mol. The van der Waals surface area contributed by atoms with Gasteiger partial charge in [0.15, 0.2) is 0 Å². The first-order valence-corrected chi connectivity index (χ1v) is 7.29. The van der Waals surface area contributed by atoms with Gasteiger partial charge in [0.1, 0.15) is 0 Å². The second-order valence-electron chi connectivity index (χ2n) is 5.48. The van der Waals surface area contributed by atoms with Crippen LogP contribution in [0.4, 0.5) is 5.95 Å². The largest absolute Gasteiger partial charge is 0.331 e.